The predicted octanol–water partition coefficient (Wildman–Crippen LogP) is 21.7. The maximum absolute atomic E-state index is 7.08. The summed E-state index contributed by atoms with van der Waals surface area (Å²) >= 11 is 0. The van der Waals surface area contributed by atoms with Gasteiger partial charge in [0.25, 0.3) is 0 Å². The number of ether oxygens (including phenoxy) is 1. The van der Waals surface area contributed by atoms with Crippen LogP contribution in [0.4, 0.5) is 22.7 Å². The molecule has 0 amide bonds. The predicted molar refractivity (Wildman–Crippen MR) is 368 cm³/mol. The number of benzene rings is 13. The number of hydrogen-bond donors (Lipinski definition) is 0. The molecular formula is C85H53N4OPt-3. The molecule has 0 bridgehead atoms. The Morgan fingerprint density at radius 3 is 1.38 bits per heavy atom. The third-order valence-corrected chi connectivity index (χ3v) is 18.5. The van der Waals surface area contributed by atoms with Gasteiger partial charge in [0.05, 0.1) is 0 Å². The molecule has 0 N–H and O–H groups in total. The molecule has 5 nitrogen and oxygen atoms in total. The Balaban J connectivity index is 0.00000636. The van der Waals surface area contributed by atoms with Gasteiger partial charge in [-0.05, 0) is 150 Å². The molecule has 91 heavy (non-hydrogen) atoms. The van der Waals surface area contributed by atoms with Crippen LogP contribution in [0.1, 0.15) is 22.3 Å². The van der Waals surface area contributed by atoms with Crippen molar-refractivity contribution in [1.82, 2.24) is 9.55 Å². The van der Waals surface area contributed by atoms with Gasteiger partial charge in [0.15, 0.2) is 0 Å². The minimum Gasteiger partial charge on any atom is -0.509 e. The summed E-state index contributed by atoms with van der Waals surface area (Å²) < 4.78 is 9.26. The average Bonchev–Trinajstić information content (AvgIpc) is 1.52. The van der Waals surface area contributed by atoms with Crippen molar-refractivity contribution in [3.63, 3.8) is 0 Å². The van der Waals surface area contributed by atoms with Crippen LogP contribution < -0.4 is 14.5 Å². The monoisotopic (exact) mass is 1340 g/mol. The summed E-state index contributed by atoms with van der Waals surface area (Å²) in [6.07, 6.45) is 1.84. The number of fused-ring (bicyclic) bond motifs is 12. The molecule has 15 aromatic rings. The number of hydrogen-bond acceptors (Lipinski definition) is 4. The second-order valence-electron chi connectivity index (χ2n) is 23.4. The van der Waals surface area contributed by atoms with Crippen molar-refractivity contribution in [3.8, 4) is 95.2 Å². The molecular weight excluding hydrogens is 1290 g/mol. The minimum absolute atomic E-state index is 0. The standard InChI is InChI=1S/C85H53N4O.Pt/c1-5-23-56(24-6-1)60-47-61(57-25-7-2-8-26-57)50-64(49-60)68-34-21-35-69(65-51-62(58-27-9-3-10-28-58)48-63(52-65)59-29-11-4-12-30-59)83(68)87-55-88-81-54-67(90-66-42-44-73-72-33-15-18-39-78(72)89(80(73)53-66)82-41-19-20-46-86-82)43-45-76(81)85(77-38-22-40-79(87)84(77)88)74-36-16-13-31-70(74)71-32-14-17-37-75(71)85;/h1-52,55H;/q-3;. The normalized spacial score (nSPS) is 13.0. The number of anilines is 4. The number of rotatable bonds is 10. The molecule has 1 spiro atoms. The van der Waals surface area contributed by atoms with Gasteiger partial charge in [-0.15, -0.1) is 41.9 Å². The smallest absolute Gasteiger partial charge is 0.135 e. The second kappa shape index (κ2) is 21.9. The first kappa shape index (κ1) is 54.1. The molecule has 6 heteroatoms. The number of nitrogens with zero attached hydrogens (tertiary/aromatic N) is 4. The van der Waals surface area contributed by atoms with Gasteiger partial charge in [-0.1, -0.05) is 236 Å². The van der Waals surface area contributed by atoms with Gasteiger partial charge in [-0.25, -0.2) is 4.98 Å². The average molecular weight is 1340 g/mol. The van der Waals surface area contributed by atoms with E-state index in [-0.39, 0.29) is 21.1 Å². The zero-order valence-electron chi connectivity index (χ0n) is 49.1. The summed E-state index contributed by atoms with van der Waals surface area (Å²) in [5.41, 5.74) is 26.1. The van der Waals surface area contributed by atoms with Crippen LogP contribution in [0.3, 0.4) is 0 Å². The fourth-order valence-corrected chi connectivity index (χ4v) is 14.6. The Morgan fingerprint density at radius 2 is 0.813 bits per heavy atom. The third kappa shape index (κ3) is 8.68. The van der Waals surface area contributed by atoms with E-state index >= 15 is 0 Å². The Labute approximate surface area is 543 Å². The Hall–Kier alpha value is -11.1. The number of aromatic nitrogens is 2. The van der Waals surface area contributed by atoms with Crippen molar-refractivity contribution >= 4 is 44.6 Å². The number of para-hydroxylation sites is 3. The van der Waals surface area contributed by atoms with Crippen molar-refractivity contribution in [3.05, 3.63) is 357 Å². The van der Waals surface area contributed by atoms with Crippen molar-refractivity contribution in [2.24, 2.45) is 0 Å². The van der Waals surface area contributed by atoms with Gasteiger partial charge in [0.1, 0.15) is 5.82 Å². The van der Waals surface area contributed by atoms with E-state index in [1.54, 1.807) is 0 Å². The Morgan fingerprint density at radius 1 is 0.341 bits per heavy atom. The van der Waals surface area contributed by atoms with E-state index in [0.29, 0.717) is 11.5 Å². The molecule has 18 rings (SSSR count). The molecule has 0 radical (unpaired) electrons. The van der Waals surface area contributed by atoms with Crippen LogP contribution in [0, 0.1) is 18.8 Å². The maximum atomic E-state index is 7.08. The molecule has 0 saturated carbocycles. The largest absolute Gasteiger partial charge is 0.509 e. The fourth-order valence-electron chi connectivity index (χ4n) is 14.6. The van der Waals surface area contributed by atoms with Crippen molar-refractivity contribution in [2.75, 3.05) is 9.80 Å². The fraction of sp³-hybridized carbons (Fsp3) is 0.0118. The van der Waals surface area contributed by atoms with Gasteiger partial charge in [0.2, 0.25) is 0 Å². The van der Waals surface area contributed by atoms with Crippen LogP contribution in [0.25, 0.3) is 106 Å². The van der Waals surface area contributed by atoms with E-state index in [9.17, 15) is 0 Å². The second-order valence-corrected chi connectivity index (χ2v) is 23.4. The van der Waals surface area contributed by atoms with Gasteiger partial charge in [0, 0.05) is 77.9 Å². The summed E-state index contributed by atoms with van der Waals surface area (Å²) in [7, 11) is 0. The van der Waals surface area contributed by atoms with Gasteiger partial charge in [-0.3, -0.25) is 0 Å². The van der Waals surface area contributed by atoms with Crippen LogP contribution in [0.5, 0.6) is 11.5 Å². The van der Waals surface area contributed by atoms with Crippen LogP contribution in [0.15, 0.2) is 316 Å². The van der Waals surface area contributed by atoms with E-state index < -0.39 is 5.41 Å². The Kier molecular flexibility index (Phi) is 13.0. The summed E-state index contributed by atoms with van der Waals surface area (Å²) in [6, 6.07) is 120. The summed E-state index contributed by atoms with van der Waals surface area (Å²) in [6.45, 7) is 2.32. The molecule has 1 aliphatic carbocycles. The molecule has 4 heterocycles. The molecule has 432 valence electrons. The molecule has 3 aliphatic rings. The first-order valence-electron chi connectivity index (χ1n) is 30.7. The topological polar surface area (TPSA) is 33.5 Å². The van der Waals surface area contributed by atoms with Crippen LogP contribution in [-0.4, -0.2) is 9.55 Å². The zero-order valence-corrected chi connectivity index (χ0v) is 51.4. The molecule has 0 saturated heterocycles. The first-order chi connectivity index (χ1) is 44.6. The van der Waals surface area contributed by atoms with Gasteiger partial charge >= 0.3 is 0 Å². The van der Waals surface area contributed by atoms with E-state index in [2.05, 4.69) is 318 Å². The van der Waals surface area contributed by atoms with Crippen molar-refractivity contribution in [2.45, 2.75) is 5.41 Å². The SMILES string of the molecule is [Pt].[c-]1c(Oc2[c-]c3c(cc2)c2ccccc2n3-c2ccccn2)ccc2c1N1[CH-]N(c3c(-c4cc(-c5ccccc5)cc(-c5ccccc5)c4)cccc3-c3cc(-c4ccccc4)cc(-c4ccccc4)c3)c3cccc(c31)C21c2ccccc2-c2ccccc21. The van der Waals surface area contributed by atoms with Crippen LogP contribution >= 0.6 is 0 Å². The zero-order chi connectivity index (χ0) is 59.3. The maximum Gasteiger partial charge on any atom is 0.135 e. The molecule has 0 atom stereocenters. The third-order valence-electron chi connectivity index (χ3n) is 18.5. The summed E-state index contributed by atoms with van der Waals surface area (Å²) in [5.74, 6) is 1.97. The van der Waals surface area contributed by atoms with Crippen LogP contribution in [0.2, 0.25) is 0 Å². The molecule has 0 fully saturated rings. The van der Waals surface area contributed by atoms with Crippen molar-refractivity contribution in [1.29, 1.82) is 0 Å². The minimum atomic E-state index is -0.719. The van der Waals surface area contributed by atoms with E-state index in [0.717, 1.165) is 123 Å². The summed E-state index contributed by atoms with van der Waals surface area (Å²) in [5, 5.41) is 2.19. The van der Waals surface area contributed by atoms with E-state index in [1.165, 1.54) is 27.8 Å². The van der Waals surface area contributed by atoms with Gasteiger partial charge < -0.3 is 19.1 Å². The quantitative estimate of drug-likeness (QED) is 0.128. The van der Waals surface area contributed by atoms with Crippen molar-refractivity contribution < 1.29 is 25.8 Å². The Bertz CT molecular complexity index is 5010. The van der Waals surface area contributed by atoms with E-state index in [1.807, 2.05) is 30.5 Å². The van der Waals surface area contributed by atoms with E-state index in [4.69, 9.17) is 9.72 Å². The molecule has 13 aromatic carbocycles. The molecule has 2 aliphatic heterocycles. The molecule has 0 unspecified atom stereocenters. The summed E-state index contributed by atoms with van der Waals surface area (Å²) in [4.78, 5) is 9.67. The van der Waals surface area contributed by atoms with Gasteiger partial charge in [-0.2, -0.15) is 12.1 Å². The number of pyridine rings is 1. The van der Waals surface area contributed by atoms with Crippen LogP contribution in [-0.2, 0) is 26.5 Å². The molecule has 2 aromatic heterocycles. The first-order valence-corrected chi connectivity index (χ1v) is 30.7.